The lowest BCUT2D eigenvalue weighted by molar-refractivity contribution is -0.114. The zero-order chi connectivity index (χ0) is 22.6. The summed E-state index contributed by atoms with van der Waals surface area (Å²) in [6, 6.07) is 8.43. The average Bonchev–Trinajstić information content (AvgIpc) is 3.21. The molecular formula is C19H17ClN4O5S2. The molecule has 0 saturated carbocycles. The molecule has 1 aromatic heterocycles. The number of thiazole rings is 1. The van der Waals surface area contributed by atoms with E-state index in [4.69, 9.17) is 16.3 Å². The fourth-order valence-corrected chi connectivity index (χ4v) is 4.55. The largest absolute Gasteiger partial charge is 0.496 e. The number of carbonyl (C=O) groups excluding carboxylic acids is 2. The van der Waals surface area contributed by atoms with Crippen LogP contribution < -0.4 is 20.1 Å². The minimum absolute atomic E-state index is 0.0148. The molecule has 12 heteroatoms. The zero-order valence-electron chi connectivity index (χ0n) is 16.3. The highest BCUT2D eigenvalue weighted by molar-refractivity contribution is 7.93. The van der Waals surface area contributed by atoms with Crippen LogP contribution in [0.3, 0.4) is 0 Å². The van der Waals surface area contributed by atoms with Crippen LogP contribution in [0.1, 0.15) is 17.3 Å². The fraction of sp³-hybridized carbons (Fsp3) is 0.105. The van der Waals surface area contributed by atoms with Gasteiger partial charge in [-0.3, -0.25) is 14.3 Å². The van der Waals surface area contributed by atoms with Gasteiger partial charge in [0.25, 0.3) is 15.9 Å². The molecule has 0 fully saturated rings. The number of methoxy groups -OCH3 is 1. The third kappa shape index (κ3) is 5.51. The van der Waals surface area contributed by atoms with Gasteiger partial charge in [-0.05, 0) is 30.3 Å². The van der Waals surface area contributed by atoms with E-state index >= 15 is 0 Å². The molecule has 3 aromatic rings. The number of hydrogen-bond acceptors (Lipinski definition) is 7. The van der Waals surface area contributed by atoms with Gasteiger partial charge in [-0.2, -0.15) is 0 Å². The number of aromatic nitrogens is 1. The zero-order valence-corrected chi connectivity index (χ0v) is 18.7. The molecule has 0 aliphatic carbocycles. The first kappa shape index (κ1) is 22.5. The number of ether oxygens (including phenoxy) is 1. The Bertz CT molecular complexity index is 1210. The quantitative estimate of drug-likeness (QED) is 0.472. The molecule has 0 saturated heterocycles. The van der Waals surface area contributed by atoms with Gasteiger partial charge in [-0.1, -0.05) is 11.6 Å². The monoisotopic (exact) mass is 480 g/mol. The van der Waals surface area contributed by atoms with Crippen molar-refractivity contribution < 1.29 is 22.7 Å². The summed E-state index contributed by atoms with van der Waals surface area (Å²) in [7, 11) is -2.42. The Morgan fingerprint density at radius 3 is 2.42 bits per heavy atom. The number of hydrogen-bond donors (Lipinski definition) is 3. The molecule has 0 aliphatic heterocycles. The van der Waals surface area contributed by atoms with Gasteiger partial charge < -0.3 is 15.4 Å². The van der Waals surface area contributed by atoms with Crippen molar-refractivity contribution in [3.63, 3.8) is 0 Å². The van der Waals surface area contributed by atoms with E-state index in [1.54, 1.807) is 5.38 Å². The molecule has 1 heterocycles. The van der Waals surface area contributed by atoms with Crippen LogP contribution in [0.4, 0.5) is 16.5 Å². The SMILES string of the molecule is COc1cc(NC(C)=O)c(Cl)cc1C(=O)Nc1ccc(S(=O)(=O)Nc2nccs2)cc1. The van der Waals surface area contributed by atoms with Gasteiger partial charge in [0.2, 0.25) is 5.91 Å². The lowest BCUT2D eigenvalue weighted by atomic mass is 10.1. The summed E-state index contributed by atoms with van der Waals surface area (Å²) in [5, 5.41) is 7.27. The van der Waals surface area contributed by atoms with E-state index in [9.17, 15) is 18.0 Å². The van der Waals surface area contributed by atoms with E-state index in [-0.39, 0.29) is 32.3 Å². The third-order valence-electron chi connectivity index (χ3n) is 3.92. The van der Waals surface area contributed by atoms with Gasteiger partial charge in [0.1, 0.15) is 5.75 Å². The highest BCUT2D eigenvalue weighted by Gasteiger charge is 2.18. The Labute approximate surface area is 187 Å². The first-order valence-corrected chi connectivity index (χ1v) is 11.4. The average molecular weight is 481 g/mol. The standard InChI is InChI=1S/C19H17ClN4O5S2/c1-11(25)22-16-10-17(29-2)14(9-15(16)20)18(26)23-12-3-5-13(6-4-12)31(27,28)24-19-21-7-8-30-19/h3-10H,1-2H3,(H,21,24)(H,22,25)(H,23,26). The summed E-state index contributed by atoms with van der Waals surface area (Å²) in [4.78, 5) is 27.9. The molecule has 2 aromatic carbocycles. The van der Waals surface area contributed by atoms with E-state index in [2.05, 4.69) is 20.3 Å². The van der Waals surface area contributed by atoms with Gasteiger partial charge in [-0.15, -0.1) is 11.3 Å². The smallest absolute Gasteiger partial charge is 0.263 e. The van der Waals surface area contributed by atoms with Crippen molar-refractivity contribution >= 4 is 61.3 Å². The topological polar surface area (TPSA) is 126 Å². The van der Waals surface area contributed by atoms with E-state index in [0.29, 0.717) is 11.4 Å². The van der Waals surface area contributed by atoms with Crippen LogP contribution in [0.2, 0.25) is 5.02 Å². The predicted molar refractivity (Wildman–Crippen MR) is 120 cm³/mol. The van der Waals surface area contributed by atoms with Crippen molar-refractivity contribution in [1.29, 1.82) is 0 Å². The third-order valence-corrected chi connectivity index (χ3v) is 6.41. The first-order chi connectivity index (χ1) is 14.7. The van der Waals surface area contributed by atoms with Crippen LogP contribution >= 0.6 is 22.9 Å². The van der Waals surface area contributed by atoms with Crippen LogP contribution in [0, 0.1) is 0 Å². The fourth-order valence-electron chi connectivity index (χ4n) is 2.55. The summed E-state index contributed by atoms with van der Waals surface area (Å²) in [6.07, 6.45) is 1.49. The molecule has 0 radical (unpaired) electrons. The number of nitrogens with one attached hydrogen (secondary N) is 3. The molecule has 3 N–H and O–H groups in total. The summed E-state index contributed by atoms with van der Waals surface area (Å²) in [5.74, 6) is -0.636. The van der Waals surface area contributed by atoms with Crippen molar-refractivity contribution in [3.8, 4) is 5.75 Å². The van der Waals surface area contributed by atoms with Crippen molar-refractivity contribution in [1.82, 2.24) is 4.98 Å². The second kappa shape index (κ2) is 9.33. The number of benzene rings is 2. The maximum Gasteiger partial charge on any atom is 0.263 e. The maximum atomic E-state index is 12.7. The van der Waals surface area contributed by atoms with E-state index in [1.165, 1.54) is 56.6 Å². The van der Waals surface area contributed by atoms with Crippen LogP contribution in [-0.4, -0.2) is 32.3 Å². The van der Waals surface area contributed by atoms with Gasteiger partial charge >= 0.3 is 0 Å². The highest BCUT2D eigenvalue weighted by Crippen LogP contribution is 2.31. The molecule has 0 unspecified atom stereocenters. The van der Waals surface area contributed by atoms with Crippen molar-refractivity contribution in [3.05, 3.63) is 58.6 Å². The number of nitrogens with zero attached hydrogens (tertiary/aromatic N) is 1. The van der Waals surface area contributed by atoms with Crippen LogP contribution in [-0.2, 0) is 14.8 Å². The van der Waals surface area contributed by atoms with Crippen molar-refractivity contribution in [2.24, 2.45) is 0 Å². The number of sulfonamides is 1. The van der Waals surface area contributed by atoms with E-state index in [0.717, 1.165) is 11.3 Å². The second-order valence-corrected chi connectivity index (χ2v) is 9.12. The molecule has 31 heavy (non-hydrogen) atoms. The molecule has 162 valence electrons. The second-order valence-electron chi connectivity index (χ2n) is 6.13. The Morgan fingerprint density at radius 1 is 1.13 bits per heavy atom. The Kier molecular flexibility index (Phi) is 6.78. The number of halogens is 1. The van der Waals surface area contributed by atoms with Crippen molar-refractivity contribution in [2.75, 3.05) is 22.5 Å². The molecule has 0 atom stereocenters. The Hall–Kier alpha value is -3.15. The molecular weight excluding hydrogens is 464 g/mol. The maximum absolute atomic E-state index is 12.7. The van der Waals surface area contributed by atoms with Crippen LogP contribution in [0.15, 0.2) is 52.9 Å². The first-order valence-electron chi connectivity index (χ1n) is 8.68. The van der Waals surface area contributed by atoms with Crippen LogP contribution in [0.25, 0.3) is 0 Å². The number of carbonyl (C=O) groups is 2. The summed E-state index contributed by atoms with van der Waals surface area (Å²) < 4.78 is 32.4. The molecule has 0 aliphatic rings. The number of anilines is 3. The minimum atomic E-state index is -3.80. The van der Waals surface area contributed by atoms with Gasteiger partial charge in [0, 0.05) is 30.3 Å². The van der Waals surface area contributed by atoms with Crippen LogP contribution in [0.5, 0.6) is 5.75 Å². The number of rotatable bonds is 7. The Morgan fingerprint density at radius 2 is 1.84 bits per heavy atom. The van der Waals surface area contributed by atoms with Crippen molar-refractivity contribution in [2.45, 2.75) is 11.8 Å². The minimum Gasteiger partial charge on any atom is -0.496 e. The summed E-state index contributed by atoms with van der Waals surface area (Å²) in [6.45, 7) is 1.33. The molecule has 9 nitrogen and oxygen atoms in total. The van der Waals surface area contributed by atoms with Gasteiger partial charge in [0.15, 0.2) is 5.13 Å². The molecule has 2 amide bonds. The lowest BCUT2D eigenvalue weighted by Crippen LogP contribution is -2.15. The predicted octanol–water partition coefficient (Wildman–Crippen LogP) is 3.82. The molecule has 0 bridgehead atoms. The summed E-state index contributed by atoms with van der Waals surface area (Å²) >= 11 is 7.31. The Balaban J connectivity index is 1.78. The lowest BCUT2D eigenvalue weighted by Gasteiger charge is -2.13. The van der Waals surface area contributed by atoms with E-state index < -0.39 is 15.9 Å². The van der Waals surface area contributed by atoms with Gasteiger partial charge in [-0.25, -0.2) is 13.4 Å². The molecule has 3 rings (SSSR count). The number of amides is 2. The highest BCUT2D eigenvalue weighted by atomic mass is 35.5. The normalized spacial score (nSPS) is 10.9. The van der Waals surface area contributed by atoms with Gasteiger partial charge in [0.05, 0.1) is 28.3 Å². The molecule has 0 spiro atoms. The van der Waals surface area contributed by atoms with E-state index in [1.807, 2.05) is 0 Å². The summed E-state index contributed by atoms with van der Waals surface area (Å²) in [5.41, 5.74) is 0.816.